The number of aromatic amines is 1. The minimum atomic E-state index is 0.0580. The molecular formula is C18H17IN5OP. The van der Waals surface area contributed by atoms with Crippen molar-refractivity contribution in [1.29, 1.82) is 5.41 Å². The van der Waals surface area contributed by atoms with Crippen molar-refractivity contribution in [3.8, 4) is 0 Å². The molecule has 0 spiro atoms. The Kier molecular flexibility index (Phi) is 4.91. The van der Waals surface area contributed by atoms with Gasteiger partial charge in [0.05, 0.1) is 11.0 Å². The van der Waals surface area contributed by atoms with Crippen LogP contribution in [0.25, 0.3) is 11.0 Å². The van der Waals surface area contributed by atoms with Gasteiger partial charge in [-0.15, -0.1) is 0 Å². The Labute approximate surface area is 165 Å². The van der Waals surface area contributed by atoms with E-state index >= 15 is 0 Å². The minimum absolute atomic E-state index is 0.0580. The lowest BCUT2D eigenvalue weighted by atomic mass is 10.1. The molecule has 1 heterocycles. The summed E-state index contributed by atoms with van der Waals surface area (Å²) in [5, 5.41) is 14.9. The molecule has 8 heteroatoms. The number of rotatable bonds is 6. The standard InChI is InChI=1S/C18H17IN5OP/c19-26-24-13-8-7-11(21-18(25)10-5-6-10)9-12(13)16(20)17-22-14-3-1-2-4-15(14)23-17/h1-4,7-10,20,24,26H,5-6H2,(H,21,25)(H,22,23). The van der Waals surface area contributed by atoms with E-state index < -0.39 is 0 Å². The number of hydrogen-bond acceptors (Lipinski definition) is 4. The van der Waals surface area contributed by atoms with Crippen molar-refractivity contribution in [3.63, 3.8) is 0 Å². The molecule has 6 nitrogen and oxygen atoms in total. The lowest BCUT2D eigenvalue weighted by molar-refractivity contribution is -0.117. The predicted molar refractivity (Wildman–Crippen MR) is 116 cm³/mol. The van der Waals surface area contributed by atoms with Gasteiger partial charge in [-0.3, -0.25) is 10.2 Å². The molecule has 4 N–H and O–H groups in total. The Morgan fingerprint density at radius 3 is 2.81 bits per heavy atom. The summed E-state index contributed by atoms with van der Waals surface area (Å²) in [5.41, 5.74) is 4.29. The monoisotopic (exact) mass is 477 g/mol. The number of hydrogen-bond donors (Lipinski definition) is 4. The van der Waals surface area contributed by atoms with E-state index in [0.717, 1.165) is 29.6 Å². The Bertz CT molecular complexity index is 965. The van der Waals surface area contributed by atoms with Crippen molar-refractivity contribution >= 4 is 62.4 Å². The van der Waals surface area contributed by atoms with Crippen molar-refractivity contribution < 1.29 is 4.79 Å². The molecule has 3 aromatic rings. The lowest BCUT2D eigenvalue weighted by Crippen LogP contribution is -2.14. The molecule has 1 aliphatic carbocycles. The summed E-state index contributed by atoms with van der Waals surface area (Å²) >= 11 is 2.26. The maximum Gasteiger partial charge on any atom is 0.227 e. The molecule has 0 saturated heterocycles. The van der Waals surface area contributed by atoms with Crippen LogP contribution in [0.2, 0.25) is 0 Å². The summed E-state index contributed by atoms with van der Waals surface area (Å²) in [4.78, 5) is 19.8. The van der Waals surface area contributed by atoms with E-state index in [0.29, 0.717) is 29.2 Å². The number of nitrogens with zero attached hydrogens (tertiary/aromatic N) is 1. The summed E-state index contributed by atoms with van der Waals surface area (Å²) < 4.78 is 0. The molecule has 132 valence electrons. The zero-order valence-corrected chi connectivity index (χ0v) is 16.9. The van der Waals surface area contributed by atoms with Crippen LogP contribution >= 0.6 is 28.4 Å². The third kappa shape index (κ3) is 3.59. The normalized spacial score (nSPS) is 14.0. The van der Waals surface area contributed by atoms with Gasteiger partial charge in [-0.1, -0.05) is 12.1 Å². The van der Waals surface area contributed by atoms with Gasteiger partial charge in [0.25, 0.3) is 0 Å². The molecule has 2 aromatic carbocycles. The number of imidazole rings is 1. The summed E-state index contributed by atoms with van der Waals surface area (Å²) in [5.74, 6) is 0.710. The summed E-state index contributed by atoms with van der Waals surface area (Å²) in [7, 11) is 0. The van der Waals surface area contributed by atoms with Gasteiger partial charge in [0.15, 0.2) is 5.82 Å². The first-order chi connectivity index (χ1) is 12.7. The number of H-pyrrole nitrogens is 1. The van der Waals surface area contributed by atoms with Crippen LogP contribution in [0.4, 0.5) is 11.4 Å². The van der Waals surface area contributed by atoms with Crippen molar-refractivity contribution in [1.82, 2.24) is 9.97 Å². The van der Waals surface area contributed by atoms with Gasteiger partial charge in [0, 0.05) is 29.2 Å². The number of anilines is 2. The molecule has 0 bridgehead atoms. The SMILES string of the molecule is N=C(c1nc2ccccc2[nH]1)c1cc(NC(=O)C2CC2)ccc1NPI. The van der Waals surface area contributed by atoms with Gasteiger partial charge < -0.3 is 15.4 Å². The maximum atomic E-state index is 12.1. The van der Waals surface area contributed by atoms with Crippen LogP contribution in [0.1, 0.15) is 24.2 Å². The van der Waals surface area contributed by atoms with Gasteiger partial charge in [-0.05, 0) is 65.2 Å². The number of benzene rings is 2. The molecule has 1 aromatic heterocycles. The Morgan fingerprint density at radius 1 is 1.27 bits per heavy atom. The van der Waals surface area contributed by atoms with Crippen molar-refractivity contribution in [2.45, 2.75) is 12.8 Å². The number of halogens is 1. The second-order valence-electron chi connectivity index (χ2n) is 6.22. The number of aromatic nitrogens is 2. The predicted octanol–water partition coefficient (Wildman–Crippen LogP) is 4.68. The first kappa shape index (κ1) is 17.4. The van der Waals surface area contributed by atoms with Crippen molar-refractivity contribution in [3.05, 3.63) is 53.9 Å². The van der Waals surface area contributed by atoms with Crippen LogP contribution in [0, 0.1) is 11.3 Å². The molecule has 1 aliphatic rings. The third-order valence-electron chi connectivity index (χ3n) is 4.31. The fourth-order valence-corrected chi connectivity index (χ4v) is 3.97. The molecule has 1 amide bonds. The molecule has 4 rings (SSSR count). The summed E-state index contributed by atoms with van der Waals surface area (Å²) in [6.45, 7) is 0. The zero-order valence-electron chi connectivity index (χ0n) is 13.8. The fourth-order valence-electron chi connectivity index (χ4n) is 2.78. The average Bonchev–Trinajstić information content (AvgIpc) is 3.41. The third-order valence-corrected chi connectivity index (χ3v) is 5.49. The van der Waals surface area contributed by atoms with E-state index in [2.05, 4.69) is 42.4 Å². The molecule has 1 atom stereocenters. The highest BCUT2D eigenvalue weighted by Gasteiger charge is 2.29. The van der Waals surface area contributed by atoms with Crippen LogP contribution in [0.5, 0.6) is 0 Å². The van der Waals surface area contributed by atoms with Gasteiger partial charge in [-0.25, -0.2) is 4.98 Å². The molecule has 26 heavy (non-hydrogen) atoms. The van der Waals surface area contributed by atoms with E-state index in [-0.39, 0.29) is 11.8 Å². The van der Waals surface area contributed by atoms with E-state index in [1.54, 1.807) is 0 Å². The molecular weight excluding hydrogens is 460 g/mol. The van der Waals surface area contributed by atoms with Crippen LogP contribution in [-0.2, 0) is 4.79 Å². The van der Waals surface area contributed by atoms with E-state index in [9.17, 15) is 4.79 Å². The quantitative estimate of drug-likeness (QED) is 0.236. The molecule has 0 radical (unpaired) electrons. The van der Waals surface area contributed by atoms with E-state index in [1.807, 2.05) is 42.5 Å². The Morgan fingerprint density at radius 2 is 2.08 bits per heavy atom. The fraction of sp³-hybridized carbons (Fsp3) is 0.167. The van der Waals surface area contributed by atoms with Crippen LogP contribution in [0.15, 0.2) is 42.5 Å². The highest BCUT2D eigenvalue weighted by molar-refractivity contribution is 14.2. The summed E-state index contributed by atoms with van der Waals surface area (Å²) in [6.07, 6.45) is 2.40. The zero-order chi connectivity index (χ0) is 18.1. The minimum Gasteiger partial charge on any atom is -0.358 e. The summed E-state index contributed by atoms with van der Waals surface area (Å²) in [6, 6.07) is 13.3. The van der Waals surface area contributed by atoms with Gasteiger partial charge in [-0.2, -0.15) is 0 Å². The first-order valence-corrected chi connectivity index (χ1v) is 12.4. The number of para-hydroxylation sites is 2. The second kappa shape index (κ2) is 7.32. The van der Waals surface area contributed by atoms with Gasteiger partial charge in [0.1, 0.15) is 5.71 Å². The molecule has 1 saturated carbocycles. The average molecular weight is 477 g/mol. The Hall–Kier alpha value is -1.99. The first-order valence-electron chi connectivity index (χ1n) is 8.26. The van der Waals surface area contributed by atoms with Crippen LogP contribution in [-0.4, -0.2) is 21.6 Å². The molecule has 1 unspecified atom stereocenters. The maximum absolute atomic E-state index is 12.1. The molecule has 1 fully saturated rings. The highest BCUT2D eigenvalue weighted by atomic mass is 127. The molecule has 0 aliphatic heterocycles. The number of carbonyl (C=O) groups is 1. The second-order valence-corrected chi connectivity index (χ2v) is 8.28. The number of amides is 1. The van der Waals surface area contributed by atoms with E-state index in [4.69, 9.17) is 5.41 Å². The van der Waals surface area contributed by atoms with Crippen LogP contribution in [0.3, 0.4) is 0 Å². The van der Waals surface area contributed by atoms with Gasteiger partial charge >= 0.3 is 0 Å². The van der Waals surface area contributed by atoms with Gasteiger partial charge in [0.2, 0.25) is 5.91 Å². The van der Waals surface area contributed by atoms with Crippen molar-refractivity contribution in [2.24, 2.45) is 5.92 Å². The number of fused-ring (bicyclic) bond motifs is 1. The number of nitrogens with one attached hydrogen (secondary N) is 4. The largest absolute Gasteiger partial charge is 0.358 e. The highest BCUT2D eigenvalue weighted by Crippen LogP contribution is 2.32. The topological polar surface area (TPSA) is 93.7 Å². The van der Waals surface area contributed by atoms with Crippen molar-refractivity contribution in [2.75, 3.05) is 10.4 Å². The number of carbonyl (C=O) groups excluding carboxylic acids is 1. The smallest absolute Gasteiger partial charge is 0.227 e. The lowest BCUT2D eigenvalue weighted by Gasteiger charge is -2.13. The van der Waals surface area contributed by atoms with E-state index in [1.165, 1.54) is 0 Å². The van der Waals surface area contributed by atoms with Crippen LogP contribution < -0.4 is 10.4 Å². The Balaban J connectivity index is 1.69.